The van der Waals surface area contributed by atoms with E-state index in [1.54, 1.807) is 12.4 Å². The molecule has 7 nitrogen and oxygen atoms in total. The summed E-state index contributed by atoms with van der Waals surface area (Å²) in [5.74, 6) is 0.921. The third kappa shape index (κ3) is 3.51. The monoisotopic (exact) mass is 350 g/mol. The minimum atomic E-state index is -0.0164. The Kier molecular flexibility index (Phi) is 4.77. The highest BCUT2D eigenvalue weighted by atomic mass is 16.1. The Balaban J connectivity index is 1.36. The van der Waals surface area contributed by atoms with Crippen molar-refractivity contribution < 1.29 is 4.79 Å². The number of carbonyl (C=O) groups excluding carboxylic acids is 1. The van der Waals surface area contributed by atoms with Crippen LogP contribution in [0.5, 0.6) is 0 Å². The van der Waals surface area contributed by atoms with E-state index in [0.717, 1.165) is 37.4 Å². The van der Waals surface area contributed by atoms with Gasteiger partial charge in [0.25, 0.3) is 0 Å². The summed E-state index contributed by atoms with van der Waals surface area (Å²) in [6.07, 6.45) is 8.22. The van der Waals surface area contributed by atoms with E-state index in [9.17, 15) is 4.79 Å². The van der Waals surface area contributed by atoms with Crippen molar-refractivity contribution in [3.63, 3.8) is 0 Å². The van der Waals surface area contributed by atoms with Crippen molar-refractivity contribution >= 4 is 17.5 Å². The lowest BCUT2D eigenvalue weighted by Crippen LogP contribution is -2.44. The molecule has 0 aromatic carbocycles. The fourth-order valence-corrected chi connectivity index (χ4v) is 3.44. The van der Waals surface area contributed by atoms with Crippen LogP contribution in [0.1, 0.15) is 18.4 Å². The first-order chi connectivity index (χ1) is 12.8. The minimum absolute atomic E-state index is 0.0164. The van der Waals surface area contributed by atoms with E-state index in [-0.39, 0.29) is 11.8 Å². The molecule has 1 aliphatic rings. The SMILES string of the molecule is O=C(NCCc1ccncc1)C1CCCN(c2nnc3ccccn23)C1. The van der Waals surface area contributed by atoms with Crippen LogP contribution in [0.2, 0.25) is 0 Å². The van der Waals surface area contributed by atoms with Gasteiger partial charge in [-0.2, -0.15) is 0 Å². The van der Waals surface area contributed by atoms with Crippen LogP contribution in [0.4, 0.5) is 5.95 Å². The van der Waals surface area contributed by atoms with E-state index < -0.39 is 0 Å². The number of anilines is 1. The average Bonchev–Trinajstić information content (AvgIpc) is 3.13. The predicted molar refractivity (Wildman–Crippen MR) is 98.9 cm³/mol. The molecule has 0 radical (unpaired) electrons. The molecular formula is C19H22N6O. The highest BCUT2D eigenvalue weighted by Crippen LogP contribution is 2.22. The maximum atomic E-state index is 12.6. The second-order valence-corrected chi connectivity index (χ2v) is 6.61. The zero-order valence-electron chi connectivity index (χ0n) is 14.6. The van der Waals surface area contributed by atoms with Crippen molar-refractivity contribution in [2.75, 3.05) is 24.5 Å². The Labute approximate surface area is 152 Å². The topological polar surface area (TPSA) is 75.4 Å². The van der Waals surface area contributed by atoms with E-state index in [4.69, 9.17) is 0 Å². The summed E-state index contributed by atoms with van der Waals surface area (Å²) in [5, 5.41) is 11.6. The van der Waals surface area contributed by atoms with Crippen molar-refractivity contribution in [3.8, 4) is 0 Å². The summed E-state index contributed by atoms with van der Waals surface area (Å²) >= 11 is 0. The molecule has 3 aromatic rings. The number of hydrogen-bond acceptors (Lipinski definition) is 5. The van der Waals surface area contributed by atoms with E-state index in [1.165, 1.54) is 5.56 Å². The summed E-state index contributed by atoms with van der Waals surface area (Å²) in [7, 11) is 0. The maximum absolute atomic E-state index is 12.6. The third-order valence-corrected chi connectivity index (χ3v) is 4.83. The molecule has 0 spiro atoms. The van der Waals surface area contributed by atoms with Crippen molar-refractivity contribution in [3.05, 3.63) is 54.5 Å². The standard InChI is InChI=1S/C19H22N6O/c26-18(21-11-8-15-6-9-20-10-7-15)16-4-3-12-24(14-16)19-23-22-17-5-1-2-13-25(17)19/h1-2,5-7,9-10,13,16H,3-4,8,11-12,14H2,(H,21,26). The Morgan fingerprint density at radius 3 is 2.96 bits per heavy atom. The van der Waals surface area contributed by atoms with Crippen molar-refractivity contribution in [1.29, 1.82) is 0 Å². The van der Waals surface area contributed by atoms with E-state index in [1.807, 2.05) is 40.9 Å². The van der Waals surface area contributed by atoms with Crippen LogP contribution in [0.15, 0.2) is 48.9 Å². The number of fused-ring (bicyclic) bond motifs is 1. The van der Waals surface area contributed by atoms with Gasteiger partial charge in [0.2, 0.25) is 11.9 Å². The number of carbonyl (C=O) groups is 1. The lowest BCUT2D eigenvalue weighted by Gasteiger charge is -2.32. The molecule has 4 rings (SSSR count). The van der Waals surface area contributed by atoms with Crippen LogP contribution < -0.4 is 10.2 Å². The Hall–Kier alpha value is -2.96. The molecule has 1 N–H and O–H groups in total. The number of amides is 1. The van der Waals surface area contributed by atoms with Crippen molar-refractivity contribution in [2.24, 2.45) is 5.92 Å². The third-order valence-electron chi connectivity index (χ3n) is 4.83. The van der Waals surface area contributed by atoms with Crippen LogP contribution in [-0.4, -0.2) is 45.1 Å². The van der Waals surface area contributed by atoms with Gasteiger partial charge >= 0.3 is 0 Å². The fraction of sp³-hybridized carbons (Fsp3) is 0.368. The number of nitrogens with one attached hydrogen (secondary N) is 1. The zero-order valence-corrected chi connectivity index (χ0v) is 14.6. The molecule has 134 valence electrons. The molecule has 0 saturated carbocycles. The van der Waals surface area contributed by atoms with Gasteiger partial charge in [-0.05, 0) is 49.1 Å². The summed E-state index contributed by atoms with van der Waals surface area (Å²) in [6.45, 7) is 2.22. The number of pyridine rings is 2. The Morgan fingerprint density at radius 2 is 2.08 bits per heavy atom. The molecule has 3 aromatic heterocycles. The largest absolute Gasteiger partial charge is 0.355 e. The van der Waals surface area contributed by atoms with Crippen molar-refractivity contribution in [1.82, 2.24) is 24.9 Å². The van der Waals surface area contributed by atoms with Crippen LogP contribution in [0, 0.1) is 5.92 Å². The fourth-order valence-electron chi connectivity index (χ4n) is 3.44. The zero-order chi connectivity index (χ0) is 17.8. The number of rotatable bonds is 5. The Bertz CT molecular complexity index is 878. The van der Waals surface area contributed by atoms with Gasteiger partial charge in [-0.3, -0.25) is 14.2 Å². The highest BCUT2D eigenvalue weighted by molar-refractivity contribution is 5.79. The normalized spacial score (nSPS) is 17.4. The van der Waals surface area contributed by atoms with Crippen molar-refractivity contribution in [2.45, 2.75) is 19.3 Å². The van der Waals surface area contributed by atoms with Crippen LogP contribution in [0.25, 0.3) is 5.65 Å². The molecule has 0 aliphatic carbocycles. The minimum Gasteiger partial charge on any atom is -0.355 e. The van der Waals surface area contributed by atoms with Gasteiger partial charge in [0.1, 0.15) is 0 Å². The average molecular weight is 350 g/mol. The highest BCUT2D eigenvalue weighted by Gasteiger charge is 2.27. The quantitative estimate of drug-likeness (QED) is 0.758. The number of aromatic nitrogens is 4. The molecule has 1 amide bonds. The lowest BCUT2D eigenvalue weighted by molar-refractivity contribution is -0.125. The van der Waals surface area contributed by atoms with Gasteiger partial charge in [-0.15, -0.1) is 10.2 Å². The summed E-state index contributed by atoms with van der Waals surface area (Å²) in [5.41, 5.74) is 2.01. The second-order valence-electron chi connectivity index (χ2n) is 6.61. The molecule has 1 saturated heterocycles. The number of nitrogens with zero attached hydrogens (tertiary/aromatic N) is 5. The van der Waals surface area contributed by atoms with Crippen LogP contribution >= 0.6 is 0 Å². The molecular weight excluding hydrogens is 328 g/mol. The van der Waals surface area contributed by atoms with E-state index >= 15 is 0 Å². The number of hydrogen-bond donors (Lipinski definition) is 1. The van der Waals surface area contributed by atoms with E-state index in [2.05, 4.69) is 25.4 Å². The van der Waals surface area contributed by atoms with Crippen LogP contribution in [0.3, 0.4) is 0 Å². The molecule has 1 aliphatic heterocycles. The number of piperidine rings is 1. The smallest absolute Gasteiger partial charge is 0.231 e. The van der Waals surface area contributed by atoms with Gasteiger partial charge in [0, 0.05) is 38.2 Å². The molecule has 26 heavy (non-hydrogen) atoms. The maximum Gasteiger partial charge on any atom is 0.231 e. The second kappa shape index (κ2) is 7.51. The molecule has 4 heterocycles. The van der Waals surface area contributed by atoms with Gasteiger partial charge < -0.3 is 10.2 Å². The summed E-state index contributed by atoms with van der Waals surface area (Å²) < 4.78 is 1.98. The Morgan fingerprint density at radius 1 is 1.19 bits per heavy atom. The molecule has 7 heteroatoms. The molecule has 1 fully saturated rings. The molecule has 0 bridgehead atoms. The lowest BCUT2D eigenvalue weighted by atomic mass is 9.97. The molecule has 1 unspecified atom stereocenters. The van der Waals surface area contributed by atoms with Gasteiger partial charge in [0.05, 0.1) is 5.92 Å². The van der Waals surface area contributed by atoms with Gasteiger partial charge in [-0.1, -0.05) is 6.07 Å². The predicted octanol–water partition coefficient (Wildman–Crippen LogP) is 1.70. The summed E-state index contributed by atoms with van der Waals surface area (Å²) in [6, 6.07) is 9.80. The first kappa shape index (κ1) is 16.5. The molecule has 1 atom stereocenters. The van der Waals surface area contributed by atoms with Crippen LogP contribution in [-0.2, 0) is 11.2 Å². The first-order valence-electron chi connectivity index (χ1n) is 9.02. The van der Waals surface area contributed by atoms with Gasteiger partial charge in [0.15, 0.2) is 5.65 Å². The van der Waals surface area contributed by atoms with E-state index in [0.29, 0.717) is 13.1 Å². The summed E-state index contributed by atoms with van der Waals surface area (Å²) in [4.78, 5) is 18.7. The van der Waals surface area contributed by atoms with Gasteiger partial charge in [-0.25, -0.2) is 0 Å². The first-order valence-corrected chi connectivity index (χ1v) is 9.02.